The van der Waals surface area contributed by atoms with E-state index >= 15 is 0 Å². The Bertz CT molecular complexity index is 766. The van der Waals surface area contributed by atoms with Gasteiger partial charge in [-0.2, -0.15) is 0 Å². The van der Waals surface area contributed by atoms with Crippen LogP contribution in [0.25, 0.3) is 0 Å². The largest absolute Gasteiger partial charge is 0.493 e. The molecule has 1 saturated heterocycles. The Balaban J connectivity index is 1.56. The monoisotopic (exact) mass is 373 g/mol. The smallest absolute Gasteiger partial charge is 0.231 e. The molecule has 1 fully saturated rings. The summed E-state index contributed by atoms with van der Waals surface area (Å²) >= 11 is 0. The molecule has 6 nitrogen and oxygen atoms in total. The standard InChI is InChI=1S/C21H27NO5/c1-3-23-19-10-21-20(25-14-26-21)9-16(19)11-22(12-17-5-4-8-24-17)13-18-7-6-15(2)27-18/h6-7,9-10,17H,3-5,8,11-14H2,1-2H3. The van der Waals surface area contributed by atoms with Gasteiger partial charge in [-0.25, -0.2) is 0 Å². The highest BCUT2D eigenvalue weighted by Gasteiger charge is 2.23. The molecule has 1 aromatic carbocycles. The van der Waals surface area contributed by atoms with E-state index in [0.717, 1.165) is 73.4 Å². The summed E-state index contributed by atoms with van der Waals surface area (Å²) in [4.78, 5) is 2.36. The van der Waals surface area contributed by atoms with Gasteiger partial charge in [0.25, 0.3) is 0 Å². The molecule has 0 saturated carbocycles. The zero-order valence-corrected chi connectivity index (χ0v) is 16.0. The van der Waals surface area contributed by atoms with Crippen molar-refractivity contribution in [2.75, 3.05) is 26.6 Å². The highest BCUT2D eigenvalue weighted by Crippen LogP contribution is 2.39. The van der Waals surface area contributed by atoms with Crippen molar-refractivity contribution in [2.24, 2.45) is 0 Å². The molecule has 0 radical (unpaired) electrons. The summed E-state index contributed by atoms with van der Waals surface area (Å²) in [5, 5.41) is 0. The molecule has 0 bridgehead atoms. The summed E-state index contributed by atoms with van der Waals surface area (Å²) in [6.45, 7) is 8.00. The second-order valence-electron chi connectivity index (χ2n) is 7.06. The predicted octanol–water partition coefficient (Wildman–Crippen LogP) is 3.90. The van der Waals surface area contributed by atoms with Gasteiger partial charge in [-0.15, -0.1) is 0 Å². The Morgan fingerprint density at radius 1 is 1.15 bits per heavy atom. The minimum atomic E-state index is 0.260. The molecule has 0 aliphatic carbocycles. The highest BCUT2D eigenvalue weighted by molar-refractivity contribution is 5.51. The minimum Gasteiger partial charge on any atom is -0.493 e. The van der Waals surface area contributed by atoms with Crippen LogP contribution >= 0.6 is 0 Å². The highest BCUT2D eigenvalue weighted by atomic mass is 16.7. The number of hydrogen-bond donors (Lipinski definition) is 0. The molecule has 2 aliphatic heterocycles. The molecule has 0 amide bonds. The fraction of sp³-hybridized carbons (Fsp3) is 0.524. The normalized spacial score (nSPS) is 18.4. The molecule has 1 unspecified atom stereocenters. The van der Waals surface area contributed by atoms with Crippen molar-refractivity contribution in [2.45, 2.75) is 45.9 Å². The number of nitrogens with zero attached hydrogens (tertiary/aromatic N) is 1. The van der Waals surface area contributed by atoms with Crippen molar-refractivity contribution >= 4 is 0 Å². The van der Waals surface area contributed by atoms with Crippen LogP contribution in [-0.2, 0) is 17.8 Å². The minimum absolute atomic E-state index is 0.260. The first-order valence-corrected chi connectivity index (χ1v) is 9.66. The van der Waals surface area contributed by atoms with E-state index in [1.54, 1.807) is 0 Å². The molecule has 1 aromatic heterocycles. The van der Waals surface area contributed by atoms with Gasteiger partial charge in [-0.1, -0.05) is 0 Å². The number of furan rings is 1. The average molecular weight is 373 g/mol. The SMILES string of the molecule is CCOc1cc2c(cc1CN(Cc1ccc(C)o1)CC1CCCO1)OCO2. The van der Waals surface area contributed by atoms with Gasteiger partial charge in [0.05, 0.1) is 19.3 Å². The molecule has 2 aliphatic rings. The predicted molar refractivity (Wildman–Crippen MR) is 100 cm³/mol. The number of fused-ring (bicyclic) bond motifs is 1. The fourth-order valence-corrected chi connectivity index (χ4v) is 3.67. The maximum Gasteiger partial charge on any atom is 0.231 e. The van der Waals surface area contributed by atoms with Gasteiger partial charge in [-0.3, -0.25) is 4.90 Å². The van der Waals surface area contributed by atoms with Crippen LogP contribution in [0.15, 0.2) is 28.7 Å². The lowest BCUT2D eigenvalue weighted by atomic mass is 10.1. The third kappa shape index (κ3) is 4.39. The van der Waals surface area contributed by atoms with Crippen molar-refractivity contribution in [3.8, 4) is 17.2 Å². The summed E-state index contributed by atoms with van der Waals surface area (Å²) in [6, 6.07) is 8.01. The lowest BCUT2D eigenvalue weighted by Crippen LogP contribution is -2.31. The lowest BCUT2D eigenvalue weighted by Gasteiger charge is -2.25. The van der Waals surface area contributed by atoms with Gasteiger partial charge in [0.1, 0.15) is 17.3 Å². The molecular formula is C21H27NO5. The Kier molecular flexibility index (Phi) is 5.55. The van der Waals surface area contributed by atoms with E-state index in [4.69, 9.17) is 23.4 Å². The van der Waals surface area contributed by atoms with Crippen molar-refractivity contribution in [3.05, 3.63) is 41.3 Å². The zero-order valence-electron chi connectivity index (χ0n) is 16.0. The van der Waals surface area contributed by atoms with Crippen LogP contribution in [0.1, 0.15) is 36.8 Å². The third-order valence-corrected chi connectivity index (χ3v) is 4.91. The number of ether oxygens (including phenoxy) is 4. The second kappa shape index (κ2) is 8.23. The van der Waals surface area contributed by atoms with Crippen molar-refractivity contribution in [1.82, 2.24) is 4.90 Å². The Morgan fingerprint density at radius 2 is 2.00 bits per heavy atom. The second-order valence-corrected chi connectivity index (χ2v) is 7.06. The van der Waals surface area contributed by atoms with Gasteiger partial charge >= 0.3 is 0 Å². The van der Waals surface area contributed by atoms with Gasteiger partial charge in [0.15, 0.2) is 11.5 Å². The molecular weight excluding hydrogens is 346 g/mol. The van der Waals surface area contributed by atoms with Crippen LogP contribution in [0.5, 0.6) is 17.2 Å². The van der Waals surface area contributed by atoms with Gasteiger partial charge in [0.2, 0.25) is 6.79 Å². The summed E-state index contributed by atoms with van der Waals surface area (Å²) < 4.78 is 28.6. The van der Waals surface area contributed by atoms with E-state index in [2.05, 4.69) is 4.90 Å². The van der Waals surface area contributed by atoms with E-state index in [1.807, 2.05) is 38.1 Å². The number of benzene rings is 1. The van der Waals surface area contributed by atoms with Crippen LogP contribution in [0.4, 0.5) is 0 Å². The zero-order chi connectivity index (χ0) is 18.6. The topological polar surface area (TPSA) is 53.3 Å². The van der Waals surface area contributed by atoms with E-state index in [1.165, 1.54) is 0 Å². The molecule has 6 heteroatoms. The Hall–Kier alpha value is -2.18. The average Bonchev–Trinajstić information content (AvgIpc) is 3.38. The number of rotatable bonds is 8. The van der Waals surface area contributed by atoms with Crippen molar-refractivity contribution in [3.63, 3.8) is 0 Å². The summed E-state index contributed by atoms with van der Waals surface area (Å²) in [5.74, 6) is 4.26. The van der Waals surface area contributed by atoms with Gasteiger partial charge in [0, 0.05) is 31.3 Å². The fourth-order valence-electron chi connectivity index (χ4n) is 3.67. The first-order chi connectivity index (χ1) is 13.2. The Morgan fingerprint density at radius 3 is 2.70 bits per heavy atom. The van der Waals surface area contributed by atoms with E-state index < -0.39 is 0 Å². The first-order valence-electron chi connectivity index (χ1n) is 9.66. The first kappa shape index (κ1) is 18.2. The summed E-state index contributed by atoms with van der Waals surface area (Å²) in [6.07, 6.45) is 2.50. The van der Waals surface area contributed by atoms with Crippen LogP contribution in [0, 0.1) is 6.92 Å². The number of aryl methyl sites for hydroxylation is 1. The van der Waals surface area contributed by atoms with Gasteiger partial charge < -0.3 is 23.4 Å². The maximum atomic E-state index is 5.87. The molecule has 27 heavy (non-hydrogen) atoms. The number of hydrogen-bond acceptors (Lipinski definition) is 6. The Labute approximate surface area is 159 Å². The molecule has 146 valence electrons. The molecule has 0 N–H and O–H groups in total. The van der Waals surface area contributed by atoms with E-state index in [9.17, 15) is 0 Å². The maximum absolute atomic E-state index is 5.87. The quantitative estimate of drug-likeness (QED) is 0.700. The summed E-state index contributed by atoms with van der Waals surface area (Å²) in [5.41, 5.74) is 1.09. The molecule has 2 aromatic rings. The molecule has 4 rings (SSSR count). The van der Waals surface area contributed by atoms with E-state index in [-0.39, 0.29) is 12.9 Å². The van der Waals surface area contributed by atoms with Crippen LogP contribution < -0.4 is 14.2 Å². The van der Waals surface area contributed by atoms with Crippen molar-refractivity contribution < 1.29 is 23.4 Å². The lowest BCUT2D eigenvalue weighted by molar-refractivity contribution is 0.0650. The van der Waals surface area contributed by atoms with E-state index in [0.29, 0.717) is 6.61 Å². The van der Waals surface area contributed by atoms with Crippen LogP contribution in [0.3, 0.4) is 0 Å². The van der Waals surface area contributed by atoms with Gasteiger partial charge in [-0.05, 0) is 44.9 Å². The van der Waals surface area contributed by atoms with Crippen LogP contribution in [0.2, 0.25) is 0 Å². The molecule has 0 spiro atoms. The summed E-state index contributed by atoms with van der Waals surface area (Å²) in [7, 11) is 0. The third-order valence-electron chi connectivity index (χ3n) is 4.91. The molecule has 3 heterocycles. The van der Waals surface area contributed by atoms with Crippen molar-refractivity contribution in [1.29, 1.82) is 0 Å². The van der Waals surface area contributed by atoms with Crippen LogP contribution in [-0.4, -0.2) is 37.6 Å². The molecule has 1 atom stereocenters.